The zero-order valence-corrected chi connectivity index (χ0v) is 17.8. The fourth-order valence-corrected chi connectivity index (χ4v) is 4.32. The number of primary amides is 1. The lowest BCUT2D eigenvalue weighted by molar-refractivity contribution is 0.0964. The van der Waals surface area contributed by atoms with Crippen LogP contribution in [-0.2, 0) is 0 Å². The number of halogens is 1. The van der Waals surface area contributed by atoms with Gasteiger partial charge in [-0.2, -0.15) is 5.10 Å². The highest BCUT2D eigenvalue weighted by molar-refractivity contribution is 7.20. The summed E-state index contributed by atoms with van der Waals surface area (Å²) in [5.74, 6) is -0.978. The number of benzene rings is 2. The Bertz CT molecular complexity index is 1340. The second kappa shape index (κ2) is 8.21. The lowest BCUT2D eigenvalue weighted by atomic mass is 10.2. The number of carbonyl (C=O) groups excluding carboxylic acids is 3. The average molecular weight is 454 g/mol. The Labute approximate surface area is 185 Å². The van der Waals surface area contributed by atoms with E-state index in [4.69, 9.17) is 17.3 Å². The van der Waals surface area contributed by atoms with E-state index in [1.54, 1.807) is 35.0 Å². The predicted octanol–water partition coefficient (Wildman–Crippen LogP) is 4.11. The number of amides is 4. The number of fused-ring (bicyclic) bond motifs is 1. The molecule has 0 saturated heterocycles. The van der Waals surface area contributed by atoms with Crippen molar-refractivity contribution < 1.29 is 14.4 Å². The molecule has 4 rings (SSSR count). The summed E-state index contributed by atoms with van der Waals surface area (Å²) in [7, 11) is 0. The highest BCUT2D eigenvalue weighted by atomic mass is 35.5. The molecule has 0 saturated carbocycles. The van der Waals surface area contributed by atoms with Crippen molar-refractivity contribution in [3.63, 3.8) is 0 Å². The number of thiophene rings is 1. The van der Waals surface area contributed by atoms with Crippen molar-refractivity contribution in [1.29, 1.82) is 0 Å². The van der Waals surface area contributed by atoms with E-state index >= 15 is 0 Å². The number of urea groups is 1. The average Bonchev–Trinajstić information content (AvgIpc) is 3.28. The molecule has 0 unspecified atom stereocenters. The minimum atomic E-state index is -0.950. The van der Waals surface area contributed by atoms with Crippen LogP contribution < -0.4 is 16.4 Å². The summed E-state index contributed by atoms with van der Waals surface area (Å²) in [5.41, 5.74) is 7.16. The van der Waals surface area contributed by atoms with Gasteiger partial charge in [0.15, 0.2) is 0 Å². The van der Waals surface area contributed by atoms with Crippen LogP contribution in [0.1, 0.15) is 25.7 Å². The summed E-state index contributed by atoms with van der Waals surface area (Å²) >= 11 is 7.40. The van der Waals surface area contributed by atoms with Gasteiger partial charge in [-0.1, -0.05) is 23.7 Å². The maximum Gasteiger partial charge on any atom is 0.319 e. The third-order valence-electron chi connectivity index (χ3n) is 4.44. The molecule has 4 amide bonds. The second-order valence-electron chi connectivity index (χ2n) is 6.66. The van der Waals surface area contributed by atoms with Crippen LogP contribution in [0.15, 0.2) is 54.6 Å². The van der Waals surface area contributed by atoms with Gasteiger partial charge >= 0.3 is 6.03 Å². The monoisotopic (exact) mass is 453 g/mol. The molecule has 10 heteroatoms. The highest BCUT2D eigenvalue weighted by Gasteiger charge is 2.18. The van der Waals surface area contributed by atoms with Crippen LogP contribution in [-0.4, -0.2) is 27.6 Å². The lowest BCUT2D eigenvalue weighted by Crippen LogP contribution is -2.34. The number of imide groups is 1. The number of anilines is 1. The van der Waals surface area contributed by atoms with Crippen LogP contribution in [0.5, 0.6) is 0 Å². The molecule has 4 aromatic rings. The Hall–Kier alpha value is -3.69. The summed E-state index contributed by atoms with van der Waals surface area (Å²) in [6.45, 7) is 1.87. The fraction of sp³-hybridized carbons (Fsp3) is 0.0476. The summed E-state index contributed by atoms with van der Waals surface area (Å²) in [6.07, 6.45) is 0. The van der Waals surface area contributed by atoms with E-state index in [0.717, 1.165) is 21.6 Å². The smallest absolute Gasteiger partial charge is 0.319 e. The number of hydrogen-bond donors (Lipinski definition) is 3. The van der Waals surface area contributed by atoms with Gasteiger partial charge in [0.25, 0.3) is 11.8 Å². The first-order valence-corrected chi connectivity index (χ1v) is 10.3. The molecule has 2 aromatic heterocycles. The van der Waals surface area contributed by atoms with E-state index in [0.29, 0.717) is 15.6 Å². The summed E-state index contributed by atoms with van der Waals surface area (Å²) < 4.78 is 1.76. The Morgan fingerprint density at radius 3 is 2.58 bits per heavy atom. The largest absolute Gasteiger partial charge is 0.351 e. The van der Waals surface area contributed by atoms with Gasteiger partial charge in [0.1, 0.15) is 4.83 Å². The molecule has 8 nitrogen and oxygen atoms in total. The van der Waals surface area contributed by atoms with Crippen LogP contribution in [0.3, 0.4) is 0 Å². The standard InChI is InChI=1S/C21H16ClN5O3S/c1-11-16-10-17(31-20(16)27(26-11)15-7-3-5-13(22)9-15)19(29)24-14-6-2-4-12(8-14)18(28)25-21(23)30/h2-10H,1H3,(H,24,29)(H3,23,25,28,30). The zero-order valence-electron chi connectivity index (χ0n) is 16.2. The second-order valence-corrected chi connectivity index (χ2v) is 8.13. The molecule has 0 atom stereocenters. The molecule has 0 aliphatic carbocycles. The Kier molecular flexibility index (Phi) is 5.45. The van der Waals surface area contributed by atoms with Crippen LogP contribution in [0.2, 0.25) is 5.02 Å². The number of rotatable bonds is 4. The van der Waals surface area contributed by atoms with Gasteiger partial charge in [-0.3, -0.25) is 14.9 Å². The van der Waals surface area contributed by atoms with Crippen molar-refractivity contribution in [3.05, 3.63) is 75.8 Å². The molecule has 2 aromatic carbocycles. The number of nitrogens with one attached hydrogen (secondary N) is 2. The van der Waals surface area contributed by atoms with E-state index in [1.807, 2.05) is 24.4 Å². The van der Waals surface area contributed by atoms with Crippen LogP contribution in [0, 0.1) is 6.92 Å². The van der Waals surface area contributed by atoms with Gasteiger partial charge < -0.3 is 11.1 Å². The van der Waals surface area contributed by atoms with Gasteiger partial charge in [0.05, 0.1) is 16.3 Å². The maximum atomic E-state index is 12.8. The molecule has 0 spiro atoms. The first-order valence-electron chi connectivity index (χ1n) is 9.09. The van der Waals surface area contributed by atoms with Crippen molar-refractivity contribution in [1.82, 2.24) is 15.1 Å². The number of nitrogens with zero attached hydrogens (tertiary/aromatic N) is 2. The summed E-state index contributed by atoms with van der Waals surface area (Å²) in [5, 5.41) is 10.8. The minimum Gasteiger partial charge on any atom is -0.351 e. The molecule has 0 radical (unpaired) electrons. The predicted molar refractivity (Wildman–Crippen MR) is 120 cm³/mol. The number of hydrogen-bond acceptors (Lipinski definition) is 5. The first kappa shape index (κ1) is 20.6. The van der Waals surface area contributed by atoms with Crippen molar-refractivity contribution >= 4 is 56.7 Å². The van der Waals surface area contributed by atoms with Gasteiger partial charge in [-0.15, -0.1) is 11.3 Å². The Morgan fingerprint density at radius 1 is 1.06 bits per heavy atom. The molecule has 0 fully saturated rings. The van der Waals surface area contributed by atoms with E-state index in [-0.39, 0.29) is 11.5 Å². The Morgan fingerprint density at radius 2 is 1.84 bits per heavy atom. The van der Waals surface area contributed by atoms with Crippen LogP contribution in [0.4, 0.5) is 10.5 Å². The normalized spacial score (nSPS) is 10.8. The summed E-state index contributed by atoms with van der Waals surface area (Å²) in [6, 6.07) is 14.3. The minimum absolute atomic E-state index is 0.195. The molecule has 156 valence electrons. The van der Waals surface area contributed by atoms with E-state index in [2.05, 4.69) is 10.4 Å². The molecule has 2 heterocycles. The van der Waals surface area contributed by atoms with Gasteiger partial charge in [0.2, 0.25) is 0 Å². The molecule has 0 bridgehead atoms. The molecule has 4 N–H and O–H groups in total. The van der Waals surface area contributed by atoms with Crippen molar-refractivity contribution in [3.8, 4) is 5.69 Å². The van der Waals surface area contributed by atoms with Crippen molar-refractivity contribution in [2.75, 3.05) is 5.32 Å². The first-order chi connectivity index (χ1) is 14.8. The van der Waals surface area contributed by atoms with E-state index < -0.39 is 11.9 Å². The molecular formula is C21H16ClN5O3S. The number of nitrogens with two attached hydrogens (primary N) is 1. The molecule has 31 heavy (non-hydrogen) atoms. The van der Waals surface area contributed by atoms with Crippen molar-refractivity contribution in [2.45, 2.75) is 6.92 Å². The molecule has 0 aliphatic rings. The number of carbonyl (C=O) groups is 3. The van der Waals surface area contributed by atoms with E-state index in [1.165, 1.54) is 23.5 Å². The molecular weight excluding hydrogens is 438 g/mol. The van der Waals surface area contributed by atoms with Crippen molar-refractivity contribution in [2.24, 2.45) is 5.73 Å². The SMILES string of the molecule is Cc1nn(-c2cccc(Cl)c2)c2sc(C(=O)Nc3cccc(C(=O)NC(N)=O)c3)cc12. The highest BCUT2D eigenvalue weighted by Crippen LogP contribution is 2.31. The third-order valence-corrected chi connectivity index (χ3v) is 5.79. The van der Waals surface area contributed by atoms with Crippen LogP contribution in [0.25, 0.3) is 15.9 Å². The topological polar surface area (TPSA) is 119 Å². The van der Waals surface area contributed by atoms with Gasteiger partial charge in [-0.05, 0) is 49.4 Å². The third kappa shape index (κ3) is 4.27. The number of aromatic nitrogens is 2. The van der Waals surface area contributed by atoms with Crippen LogP contribution >= 0.6 is 22.9 Å². The number of aryl methyl sites for hydroxylation is 1. The zero-order chi connectivity index (χ0) is 22.1. The Balaban J connectivity index is 1.61. The lowest BCUT2D eigenvalue weighted by Gasteiger charge is -2.06. The van der Waals surface area contributed by atoms with E-state index in [9.17, 15) is 14.4 Å². The van der Waals surface area contributed by atoms with Gasteiger partial charge in [-0.25, -0.2) is 9.48 Å². The maximum absolute atomic E-state index is 12.8. The fourth-order valence-electron chi connectivity index (χ4n) is 3.06. The van der Waals surface area contributed by atoms with Gasteiger partial charge in [0, 0.05) is 21.7 Å². The quantitative estimate of drug-likeness (QED) is 0.430. The molecule has 0 aliphatic heterocycles. The summed E-state index contributed by atoms with van der Waals surface area (Å²) in [4.78, 5) is 36.9.